The van der Waals surface area contributed by atoms with E-state index in [2.05, 4.69) is 60.1 Å². The molecular formula is C30H33N7O. The van der Waals surface area contributed by atoms with Crippen LogP contribution in [0.4, 0.5) is 17.7 Å². The molecule has 38 heavy (non-hydrogen) atoms. The minimum atomic E-state index is 0.0296. The molecule has 2 aromatic heterocycles. The number of aromatic nitrogens is 4. The van der Waals surface area contributed by atoms with Crippen molar-refractivity contribution >= 4 is 23.5 Å². The highest BCUT2D eigenvalue weighted by Crippen LogP contribution is 2.28. The molecule has 3 heterocycles. The van der Waals surface area contributed by atoms with Crippen LogP contribution in [0.2, 0.25) is 0 Å². The smallest absolute Gasteiger partial charge is 0.233 e. The molecule has 1 fully saturated rings. The van der Waals surface area contributed by atoms with Crippen molar-refractivity contribution < 1.29 is 4.79 Å². The van der Waals surface area contributed by atoms with Crippen LogP contribution in [0.3, 0.4) is 0 Å². The number of carbonyl (C=O) groups is 1. The molecule has 4 aromatic rings. The minimum absolute atomic E-state index is 0.0296. The number of hydrogen-bond donors (Lipinski definition) is 1. The maximum Gasteiger partial charge on any atom is 0.233 e. The number of carbonyl (C=O) groups excluding carboxylic acids is 1. The summed E-state index contributed by atoms with van der Waals surface area (Å²) in [6.07, 6.45) is 1.97. The molecule has 8 heteroatoms. The van der Waals surface area contributed by atoms with Crippen LogP contribution in [0.25, 0.3) is 11.4 Å². The van der Waals surface area contributed by atoms with Crippen molar-refractivity contribution in [2.24, 2.45) is 0 Å². The van der Waals surface area contributed by atoms with Gasteiger partial charge in [0.15, 0.2) is 11.6 Å². The average molecular weight is 508 g/mol. The van der Waals surface area contributed by atoms with Gasteiger partial charge >= 0.3 is 0 Å². The number of aryl methyl sites for hydroxylation is 3. The first-order chi connectivity index (χ1) is 18.4. The number of nitrogens with one attached hydrogen (secondary N) is 1. The predicted molar refractivity (Wildman–Crippen MR) is 151 cm³/mol. The second-order valence-electron chi connectivity index (χ2n) is 9.99. The van der Waals surface area contributed by atoms with Crippen molar-refractivity contribution in [1.29, 1.82) is 0 Å². The maximum absolute atomic E-state index is 12.9. The Morgan fingerprint density at radius 3 is 2.32 bits per heavy atom. The summed E-state index contributed by atoms with van der Waals surface area (Å²) < 4.78 is 0. The summed E-state index contributed by atoms with van der Waals surface area (Å²) in [4.78, 5) is 36.4. The van der Waals surface area contributed by atoms with E-state index in [1.54, 1.807) is 18.3 Å². The number of likely N-dealkylation sites (N-methyl/N-ethyl adjacent to an activating group) is 1. The van der Waals surface area contributed by atoms with Crippen LogP contribution < -0.4 is 10.2 Å². The van der Waals surface area contributed by atoms with Crippen molar-refractivity contribution in [2.45, 2.75) is 27.2 Å². The van der Waals surface area contributed by atoms with Gasteiger partial charge in [-0.05, 0) is 56.6 Å². The molecule has 0 unspecified atom stereocenters. The molecule has 5 rings (SSSR count). The van der Waals surface area contributed by atoms with E-state index < -0.39 is 0 Å². The van der Waals surface area contributed by atoms with Gasteiger partial charge in [-0.1, -0.05) is 48.0 Å². The molecule has 8 nitrogen and oxygen atoms in total. The Kier molecular flexibility index (Phi) is 7.42. The van der Waals surface area contributed by atoms with Crippen molar-refractivity contribution in [2.75, 3.05) is 43.4 Å². The quantitative estimate of drug-likeness (QED) is 0.358. The molecule has 1 aliphatic rings. The summed E-state index contributed by atoms with van der Waals surface area (Å²) in [6.45, 7) is 9.84. The van der Waals surface area contributed by atoms with Crippen LogP contribution in [-0.2, 0) is 6.42 Å². The normalized spacial score (nSPS) is 13.9. The first-order valence-electron chi connectivity index (χ1n) is 12.9. The van der Waals surface area contributed by atoms with E-state index in [1.807, 2.05) is 30.3 Å². The largest absolute Gasteiger partial charge is 0.338 e. The van der Waals surface area contributed by atoms with Crippen LogP contribution in [0.15, 0.2) is 60.8 Å². The molecule has 1 N–H and O–H groups in total. The van der Waals surface area contributed by atoms with Crippen molar-refractivity contribution in [3.8, 4) is 11.4 Å². The van der Waals surface area contributed by atoms with Gasteiger partial charge in [-0.15, -0.1) is 0 Å². The standard InChI is InChI=1S/C30H33N7O/c1-20-16-21(2)27(22(3)17-20)28-33-29(35-30(34-28)37-14-12-36(4)13-15-37)32-26-19-24(10-11-31-26)25(38)18-23-8-6-5-7-9-23/h5-11,16-17,19H,12-15,18H2,1-4H3,(H,31,32,33,34,35). The molecule has 1 aliphatic heterocycles. The summed E-state index contributed by atoms with van der Waals surface area (Å²) >= 11 is 0. The molecule has 0 atom stereocenters. The Morgan fingerprint density at radius 1 is 0.895 bits per heavy atom. The van der Waals surface area contributed by atoms with Gasteiger partial charge in [0.25, 0.3) is 0 Å². The lowest BCUT2D eigenvalue weighted by Gasteiger charge is -2.32. The topological polar surface area (TPSA) is 87.1 Å². The average Bonchev–Trinajstić information content (AvgIpc) is 2.89. The molecule has 1 saturated heterocycles. The zero-order valence-corrected chi connectivity index (χ0v) is 22.4. The fourth-order valence-electron chi connectivity index (χ4n) is 4.88. The van der Waals surface area contributed by atoms with E-state index in [0.29, 0.717) is 35.5 Å². The number of ketones is 1. The molecule has 0 amide bonds. The lowest BCUT2D eigenvalue weighted by molar-refractivity contribution is 0.0993. The number of hydrogen-bond acceptors (Lipinski definition) is 8. The van der Waals surface area contributed by atoms with Crippen molar-refractivity contribution in [1.82, 2.24) is 24.8 Å². The number of benzene rings is 2. The fraction of sp³-hybridized carbons (Fsp3) is 0.300. The zero-order chi connectivity index (χ0) is 26.6. The third-order valence-electron chi connectivity index (χ3n) is 6.84. The molecule has 2 aromatic carbocycles. The first-order valence-corrected chi connectivity index (χ1v) is 12.9. The van der Waals surface area contributed by atoms with Crippen LogP contribution in [0.1, 0.15) is 32.6 Å². The summed E-state index contributed by atoms with van der Waals surface area (Å²) in [5, 5.41) is 3.25. The Balaban J connectivity index is 1.47. The number of Topliss-reactive ketones (excluding diaryl/α,β-unsaturated/α-hetero) is 1. The molecule has 0 bridgehead atoms. The third-order valence-corrected chi connectivity index (χ3v) is 6.84. The lowest BCUT2D eigenvalue weighted by Crippen LogP contribution is -2.45. The molecule has 0 spiro atoms. The number of anilines is 3. The van der Waals surface area contributed by atoms with Gasteiger partial charge in [0.1, 0.15) is 5.82 Å². The number of rotatable bonds is 7. The Hall–Kier alpha value is -4.17. The summed E-state index contributed by atoms with van der Waals surface area (Å²) in [5.41, 5.74) is 6.02. The molecule has 0 radical (unpaired) electrons. The van der Waals surface area contributed by atoms with E-state index in [4.69, 9.17) is 15.0 Å². The van der Waals surface area contributed by atoms with E-state index >= 15 is 0 Å². The molecule has 194 valence electrons. The van der Waals surface area contributed by atoms with E-state index in [1.165, 1.54) is 5.56 Å². The van der Waals surface area contributed by atoms with Crippen LogP contribution >= 0.6 is 0 Å². The van der Waals surface area contributed by atoms with E-state index in [9.17, 15) is 4.79 Å². The highest BCUT2D eigenvalue weighted by atomic mass is 16.1. The van der Waals surface area contributed by atoms with Gasteiger partial charge < -0.3 is 15.1 Å². The molecular weight excluding hydrogens is 474 g/mol. The highest BCUT2D eigenvalue weighted by molar-refractivity contribution is 5.98. The summed E-state index contributed by atoms with van der Waals surface area (Å²) in [7, 11) is 2.12. The molecule has 0 aliphatic carbocycles. The Labute approximate surface area is 223 Å². The van der Waals surface area contributed by atoms with Crippen LogP contribution in [-0.4, -0.2) is 63.8 Å². The van der Waals surface area contributed by atoms with Crippen molar-refractivity contribution in [3.05, 3.63) is 88.6 Å². The fourth-order valence-corrected chi connectivity index (χ4v) is 4.88. The second kappa shape index (κ2) is 11.1. The van der Waals surface area contributed by atoms with E-state index in [0.717, 1.165) is 48.4 Å². The Bertz CT molecular complexity index is 1420. The van der Waals surface area contributed by atoms with Gasteiger partial charge in [-0.2, -0.15) is 15.0 Å². The number of nitrogens with zero attached hydrogens (tertiary/aromatic N) is 6. The highest BCUT2D eigenvalue weighted by Gasteiger charge is 2.21. The monoisotopic (exact) mass is 507 g/mol. The van der Waals surface area contributed by atoms with Gasteiger partial charge in [0.05, 0.1) is 0 Å². The van der Waals surface area contributed by atoms with Crippen molar-refractivity contribution in [3.63, 3.8) is 0 Å². The van der Waals surface area contributed by atoms with Gasteiger partial charge in [-0.3, -0.25) is 4.79 Å². The first kappa shape index (κ1) is 25.5. The summed E-state index contributed by atoms with van der Waals surface area (Å²) in [5.74, 6) is 2.22. The third kappa shape index (κ3) is 5.86. The second-order valence-corrected chi connectivity index (χ2v) is 9.99. The zero-order valence-electron chi connectivity index (χ0n) is 22.4. The lowest BCUT2D eigenvalue weighted by atomic mass is 9.99. The maximum atomic E-state index is 12.9. The van der Waals surface area contributed by atoms with Gasteiger partial charge in [0, 0.05) is 49.9 Å². The van der Waals surface area contributed by atoms with Crippen LogP contribution in [0, 0.1) is 20.8 Å². The number of piperazine rings is 1. The van der Waals surface area contributed by atoms with E-state index in [-0.39, 0.29) is 5.78 Å². The predicted octanol–water partition coefficient (Wildman–Crippen LogP) is 4.78. The minimum Gasteiger partial charge on any atom is -0.338 e. The summed E-state index contributed by atoms with van der Waals surface area (Å²) in [6, 6.07) is 17.5. The number of pyridine rings is 1. The van der Waals surface area contributed by atoms with Crippen LogP contribution in [0.5, 0.6) is 0 Å². The van der Waals surface area contributed by atoms with Gasteiger partial charge in [-0.25, -0.2) is 4.98 Å². The SMILES string of the molecule is Cc1cc(C)c(-c2nc(Nc3cc(C(=O)Cc4ccccc4)ccn3)nc(N3CCN(C)CC3)n2)c(C)c1. The Morgan fingerprint density at radius 2 is 1.61 bits per heavy atom. The molecule has 0 saturated carbocycles. The van der Waals surface area contributed by atoms with Gasteiger partial charge in [0.2, 0.25) is 11.9 Å².